The van der Waals surface area contributed by atoms with Crippen LogP contribution in [0.15, 0.2) is 64.6 Å². The van der Waals surface area contributed by atoms with Gasteiger partial charge in [0.1, 0.15) is 11.9 Å². The van der Waals surface area contributed by atoms with Crippen LogP contribution in [0.5, 0.6) is 0 Å². The molecule has 2 amide bonds. The number of fused-ring (bicyclic) bond motifs is 3. The van der Waals surface area contributed by atoms with Crippen molar-refractivity contribution >= 4 is 40.3 Å². The van der Waals surface area contributed by atoms with Gasteiger partial charge in [-0.15, -0.1) is 0 Å². The molecule has 7 heteroatoms. The Morgan fingerprint density at radius 2 is 1.90 bits per heavy atom. The highest BCUT2D eigenvalue weighted by Gasteiger charge is 2.43. The number of hydrogen-bond acceptors (Lipinski definition) is 5. The van der Waals surface area contributed by atoms with Crippen molar-refractivity contribution < 1.29 is 9.59 Å². The maximum Gasteiger partial charge on any atom is 0.259 e. The van der Waals surface area contributed by atoms with Crippen molar-refractivity contribution in [1.82, 2.24) is 10.2 Å². The van der Waals surface area contributed by atoms with Crippen LogP contribution >= 0.6 is 11.8 Å². The highest BCUT2D eigenvalue weighted by Crippen LogP contribution is 2.35. The van der Waals surface area contributed by atoms with Crippen molar-refractivity contribution in [2.24, 2.45) is 15.9 Å². The summed E-state index contributed by atoms with van der Waals surface area (Å²) in [7, 11) is 0. The molecule has 2 aliphatic rings. The van der Waals surface area contributed by atoms with E-state index in [4.69, 9.17) is 4.99 Å². The third-order valence-electron chi connectivity index (χ3n) is 5.35. The lowest BCUT2D eigenvalue weighted by Crippen LogP contribution is -2.42. The molecule has 30 heavy (non-hydrogen) atoms. The summed E-state index contributed by atoms with van der Waals surface area (Å²) >= 11 is 1.27. The molecule has 0 saturated carbocycles. The average Bonchev–Trinajstić information content (AvgIpc) is 3.14. The summed E-state index contributed by atoms with van der Waals surface area (Å²) in [6, 6.07) is 17.0. The van der Waals surface area contributed by atoms with E-state index in [1.165, 1.54) is 11.8 Å². The van der Waals surface area contributed by atoms with Crippen molar-refractivity contribution in [3.63, 3.8) is 0 Å². The van der Waals surface area contributed by atoms with Crippen molar-refractivity contribution in [3.8, 4) is 0 Å². The number of amides is 2. The smallest absolute Gasteiger partial charge is 0.259 e. The number of nitrogens with one attached hydrogen (secondary N) is 1. The molecular weight excluding hydrogens is 396 g/mol. The fourth-order valence-electron chi connectivity index (χ4n) is 3.44. The molecule has 0 aromatic heterocycles. The van der Waals surface area contributed by atoms with Gasteiger partial charge in [-0.25, -0.2) is 9.89 Å². The normalized spacial score (nSPS) is 18.3. The highest BCUT2D eigenvalue weighted by atomic mass is 32.2. The molecule has 2 aromatic rings. The Hall–Kier alpha value is -2.93. The Morgan fingerprint density at radius 3 is 2.67 bits per heavy atom. The maximum atomic E-state index is 13.1. The predicted molar refractivity (Wildman–Crippen MR) is 121 cm³/mol. The number of amidine groups is 2. The quantitative estimate of drug-likeness (QED) is 0.774. The maximum absolute atomic E-state index is 13.1. The van der Waals surface area contributed by atoms with Gasteiger partial charge in [-0.2, -0.15) is 0 Å². The van der Waals surface area contributed by atoms with Gasteiger partial charge in [0, 0.05) is 12.1 Å². The molecule has 0 aliphatic carbocycles. The zero-order valence-corrected chi connectivity index (χ0v) is 17.9. The second-order valence-corrected chi connectivity index (χ2v) is 8.36. The van der Waals surface area contributed by atoms with E-state index in [1.807, 2.05) is 61.5 Å². The second kappa shape index (κ2) is 8.83. The summed E-state index contributed by atoms with van der Waals surface area (Å²) in [5.74, 6) is 0.795. The minimum atomic E-state index is -0.408. The molecule has 0 radical (unpaired) electrons. The minimum Gasteiger partial charge on any atom is -0.351 e. The number of benzene rings is 2. The van der Waals surface area contributed by atoms with Gasteiger partial charge in [-0.05, 0) is 23.6 Å². The van der Waals surface area contributed by atoms with E-state index in [1.54, 1.807) is 4.90 Å². The predicted octanol–water partition coefficient (Wildman–Crippen LogP) is 3.74. The summed E-state index contributed by atoms with van der Waals surface area (Å²) in [6.07, 6.45) is 0.865. The molecule has 0 spiro atoms. The van der Waals surface area contributed by atoms with Gasteiger partial charge in [-0.3, -0.25) is 14.6 Å². The Bertz CT molecular complexity index is 1020. The van der Waals surface area contributed by atoms with E-state index in [0.29, 0.717) is 17.5 Å². The van der Waals surface area contributed by atoms with Crippen molar-refractivity contribution in [2.45, 2.75) is 32.9 Å². The van der Waals surface area contributed by atoms with Gasteiger partial charge in [0.25, 0.3) is 5.91 Å². The number of nitrogens with zero attached hydrogens (tertiary/aromatic N) is 3. The molecule has 0 unspecified atom stereocenters. The SMILES string of the molecule is CC[C@H](C)[C@H]1N=C2c3ccccc3N=C(SCC(=O)NCc3ccccc3)N2C1=O. The number of thioether (sulfide) groups is 1. The summed E-state index contributed by atoms with van der Waals surface area (Å²) < 4.78 is 0. The monoisotopic (exact) mass is 420 g/mol. The summed E-state index contributed by atoms with van der Waals surface area (Å²) in [4.78, 5) is 36.5. The molecule has 2 aliphatic heterocycles. The molecule has 6 nitrogen and oxygen atoms in total. The van der Waals surface area contributed by atoms with Crippen LogP contribution in [0, 0.1) is 5.92 Å². The van der Waals surface area contributed by atoms with Crippen LogP contribution in [-0.4, -0.2) is 39.5 Å². The standard InChI is InChI=1S/C23H24N4O2S/c1-3-15(2)20-22(29)27-21(26-20)17-11-7-8-12-18(17)25-23(27)30-14-19(28)24-13-16-9-5-4-6-10-16/h4-12,15,20H,3,13-14H2,1-2H3,(H,24,28)/t15-,20+/m0/s1. The zero-order valence-electron chi connectivity index (χ0n) is 17.0. The second-order valence-electron chi connectivity index (χ2n) is 7.42. The van der Waals surface area contributed by atoms with Crippen LogP contribution < -0.4 is 5.32 Å². The molecular formula is C23H24N4O2S. The molecule has 154 valence electrons. The first-order valence-corrected chi connectivity index (χ1v) is 11.1. The Balaban J connectivity index is 1.50. The minimum absolute atomic E-state index is 0.0650. The van der Waals surface area contributed by atoms with Crippen molar-refractivity contribution in [1.29, 1.82) is 0 Å². The van der Waals surface area contributed by atoms with E-state index in [0.717, 1.165) is 23.2 Å². The molecule has 2 atom stereocenters. The highest BCUT2D eigenvalue weighted by molar-refractivity contribution is 8.14. The van der Waals surface area contributed by atoms with Crippen LogP contribution in [0.3, 0.4) is 0 Å². The number of aliphatic imine (C=N–C) groups is 2. The third-order valence-corrected chi connectivity index (χ3v) is 6.29. The van der Waals surface area contributed by atoms with E-state index in [2.05, 4.69) is 17.2 Å². The summed E-state index contributed by atoms with van der Waals surface area (Å²) in [5, 5.41) is 3.43. The van der Waals surface area contributed by atoms with Gasteiger partial charge in [-0.1, -0.05) is 74.5 Å². The van der Waals surface area contributed by atoms with Gasteiger partial charge in [0.15, 0.2) is 5.17 Å². The van der Waals surface area contributed by atoms with Crippen LogP contribution in [-0.2, 0) is 16.1 Å². The van der Waals surface area contributed by atoms with Crippen LogP contribution in [0.2, 0.25) is 0 Å². The summed E-state index contributed by atoms with van der Waals surface area (Å²) in [5.41, 5.74) is 2.67. The Morgan fingerprint density at radius 1 is 1.17 bits per heavy atom. The van der Waals surface area contributed by atoms with Gasteiger partial charge < -0.3 is 5.32 Å². The molecule has 2 aromatic carbocycles. The first-order chi connectivity index (χ1) is 14.6. The zero-order chi connectivity index (χ0) is 21.1. The molecule has 4 rings (SSSR count). The fourth-order valence-corrected chi connectivity index (χ4v) is 4.27. The molecule has 0 saturated heterocycles. The number of para-hydroxylation sites is 1. The largest absolute Gasteiger partial charge is 0.351 e. The van der Waals surface area contributed by atoms with Crippen molar-refractivity contribution in [2.75, 3.05) is 5.75 Å². The number of carbonyl (C=O) groups is 2. The molecule has 2 heterocycles. The molecule has 1 N–H and O–H groups in total. The van der Waals surface area contributed by atoms with E-state index < -0.39 is 6.04 Å². The van der Waals surface area contributed by atoms with Gasteiger partial charge in [0.2, 0.25) is 5.91 Å². The van der Waals surface area contributed by atoms with Crippen LogP contribution in [0.25, 0.3) is 0 Å². The number of rotatable bonds is 6. The average molecular weight is 421 g/mol. The first-order valence-electron chi connectivity index (χ1n) is 10.1. The van der Waals surface area contributed by atoms with E-state index in [9.17, 15) is 9.59 Å². The van der Waals surface area contributed by atoms with Crippen molar-refractivity contribution in [3.05, 3.63) is 65.7 Å². The Labute approximate surface area is 180 Å². The lowest BCUT2D eigenvalue weighted by atomic mass is 10.00. The lowest BCUT2D eigenvalue weighted by Gasteiger charge is -2.25. The van der Waals surface area contributed by atoms with E-state index in [-0.39, 0.29) is 23.5 Å². The third kappa shape index (κ3) is 4.03. The number of carbonyl (C=O) groups excluding carboxylic acids is 2. The van der Waals surface area contributed by atoms with E-state index >= 15 is 0 Å². The van der Waals surface area contributed by atoms with Gasteiger partial charge in [0.05, 0.1) is 11.4 Å². The van der Waals surface area contributed by atoms with Crippen LogP contribution in [0.4, 0.5) is 5.69 Å². The summed E-state index contributed by atoms with van der Waals surface area (Å²) in [6.45, 7) is 4.57. The fraction of sp³-hybridized carbons (Fsp3) is 0.304. The number of hydrogen-bond donors (Lipinski definition) is 1. The molecule has 0 bridgehead atoms. The molecule has 0 fully saturated rings. The topological polar surface area (TPSA) is 74.1 Å². The first kappa shape index (κ1) is 20.3. The lowest BCUT2D eigenvalue weighted by molar-refractivity contribution is -0.125. The van der Waals surface area contributed by atoms with Gasteiger partial charge >= 0.3 is 0 Å². The Kier molecular flexibility index (Phi) is 5.99. The van der Waals surface area contributed by atoms with Crippen LogP contribution in [0.1, 0.15) is 31.4 Å².